The third-order valence-electron chi connectivity index (χ3n) is 4.79. The lowest BCUT2D eigenvalue weighted by Crippen LogP contribution is -2.38. The zero-order valence-electron chi connectivity index (χ0n) is 12.9. The summed E-state index contributed by atoms with van der Waals surface area (Å²) in [5.74, 6) is 0.201. The Balaban J connectivity index is 1.98. The van der Waals surface area contributed by atoms with E-state index in [9.17, 15) is 9.50 Å². The summed E-state index contributed by atoms with van der Waals surface area (Å²) >= 11 is 1.88. The Bertz CT molecular complexity index is 548. The Hall–Kier alpha value is -1.07. The summed E-state index contributed by atoms with van der Waals surface area (Å²) < 4.78 is 13.2. The van der Waals surface area contributed by atoms with Crippen molar-refractivity contribution >= 4 is 17.5 Å². The lowest BCUT2D eigenvalue weighted by Gasteiger charge is -2.37. The van der Waals surface area contributed by atoms with E-state index in [0.717, 1.165) is 30.5 Å². The normalized spacial score (nSPS) is 34.7. The van der Waals surface area contributed by atoms with Gasteiger partial charge in [0.15, 0.2) is 0 Å². The second kappa shape index (κ2) is 6.59. The van der Waals surface area contributed by atoms with E-state index in [-0.39, 0.29) is 29.0 Å². The molecule has 1 aromatic carbocycles. The summed E-state index contributed by atoms with van der Waals surface area (Å²) in [4.78, 5) is 5.03. The molecule has 2 unspecified atom stereocenters. The van der Waals surface area contributed by atoms with Crippen LogP contribution in [-0.2, 0) is 4.84 Å². The van der Waals surface area contributed by atoms with Crippen molar-refractivity contribution in [2.24, 2.45) is 11.1 Å². The fourth-order valence-electron chi connectivity index (χ4n) is 3.86. The molecule has 0 aromatic heterocycles. The molecule has 3 nitrogen and oxygen atoms in total. The summed E-state index contributed by atoms with van der Waals surface area (Å²) in [5, 5.41) is 15.3. The molecule has 0 amide bonds. The third kappa shape index (κ3) is 2.88. The highest BCUT2D eigenvalue weighted by atomic mass is 32.2. The predicted octanol–water partition coefficient (Wildman–Crippen LogP) is 3.58. The zero-order valence-corrected chi connectivity index (χ0v) is 13.7. The van der Waals surface area contributed by atoms with E-state index in [1.54, 1.807) is 7.11 Å². The second-order valence-electron chi connectivity index (χ2n) is 6.06. The molecule has 0 radical (unpaired) electrons. The molecule has 2 bridgehead atoms. The number of oxime groups is 1. The highest BCUT2D eigenvalue weighted by Crippen LogP contribution is 2.53. The Kier molecular flexibility index (Phi) is 4.73. The van der Waals surface area contributed by atoms with E-state index < -0.39 is 0 Å². The highest BCUT2D eigenvalue weighted by molar-refractivity contribution is 8.00. The van der Waals surface area contributed by atoms with Gasteiger partial charge in [-0.15, -0.1) is 0 Å². The fraction of sp³-hybridized carbons (Fsp3) is 0.588. The minimum absolute atomic E-state index is 0.147. The van der Waals surface area contributed by atoms with Gasteiger partial charge in [0, 0.05) is 16.4 Å². The molecule has 0 aliphatic carbocycles. The smallest absolute Gasteiger partial charge is 0.123 e. The van der Waals surface area contributed by atoms with Crippen LogP contribution in [-0.4, -0.2) is 34.5 Å². The van der Waals surface area contributed by atoms with E-state index in [4.69, 9.17) is 4.84 Å². The molecule has 2 fully saturated rings. The van der Waals surface area contributed by atoms with E-state index >= 15 is 0 Å². The number of fused-ring (bicyclic) bond motifs is 2. The number of nitrogens with zero attached hydrogens (tertiary/aromatic N) is 1. The summed E-state index contributed by atoms with van der Waals surface area (Å²) in [5.41, 5.74) is 2.13. The first kappa shape index (κ1) is 15.8. The van der Waals surface area contributed by atoms with Crippen molar-refractivity contribution in [2.75, 3.05) is 7.11 Å². The van der Waals surface area contributed by atoms with Crippen LogP contribution in [0.2, 0.25) is 0 Å². The van der Waals surface area contributed by atoms with Crippen LogP contribution in [0.1, 0.15) is 37.7 Å². The van der Waals surface area contributed by atoms with Gasteiger partial charge in [0.1, 0.15) is 12.9 Å². The molecule has 2 aliphatic heterocycles. The first-order chi connectivity index (χ1) is 10.6. The Morgan fingerprint density at radius 1 is 1.36 bits per heavy atom. The number of halogens is 1. The molecule has 3 rings (SSSR count). The van der Waals surface area contributed by atoms with Gasteiger partial charge in [-0.3, -0.25) is 0 Å². The molecule has 2 heterocycles. The minimum Gasteiger partial charge on any atom is -0.399 e. The van der Waals surface area contributed by atoms with Gasteiger partial charge in [0.2, 0.25) is 0 Å². The molecule has 22 heavy (non-hydrogen) atoms. The van der Waals surface area contributed by atoms with Gasteiger partial charge in [0.05, 0.1) is 11.8 Å². The van der Waals surface area contributed by atoms with Crippen LogP contribution in [0, 0.1) is 11.7 Å². The van der Waals surface area contributed by atoms with Gasteiger partial charge in [-0.25, -0.2) is 4.39 Å². The largest absolute Gasteiger partial charge is 0.399 e. The summed E-state index contributed by atoms with van der Waals surface area (Å²) in [6.07, 6.45) is 2.34. The molecule has 0 spiro atoms. The Labute approximate surface area is 134 Å². The van der Waals surface area contributed by atoms with Crippen LogP contribution >= 0.6 is 11.8 Å². The SMILES string of the molecule is CCC(=NOC)[C@H]1[C@@H](c2ccc(F)cc2)CC2CC(O)[C@@H]1S2. The molecule has 5 heteroatoms. The third-order valence-corrected chi connectivity index (χ3v) is 6.48. The average molecular weight is 323 g/mol. The van der Waals surface area contributed by atoms with Crippen LogP contribution in [0.25, 0.3) is 0 Å². The van der Waals surface area contributed by atoms with Gasteiger partial charge in [0.25, 0.3) is 0 Å². The maximum Gasteiger partial charge on any atom is 0.123 e. The molecule has 0 saturated carbocycles. The number of thioether (sulfide) groups is 1. The second-order valence-corrected chi connectivity index (χ2v) is 7.55. The van der Waals surface area contributed by atoms with E-state index in [1.165, 1.54) is 12.1 Å². The van der Waals surface area contributed by atoms with Gasteiger partial charge in [-0.1, -0.05) is 24.2 Å². The number of hydrogen-bond donors (Lipinski definition) is 1. The van der Waals surface area contributed by atoms with Crippen molar-refractivity contribution in [3.05, 3.63) is 35.6 Å². The average Bonchev–Trinajstić information content (AvgIpc) is 2.81. The quantitative estimate of drug-likeness (QED) is 0.680. The summed E-state index contributed by atoms with van der Waals surface area (Å²) in [6, 6.07) is 6.78. The lowest BCUT2D eigenvalue weighted by molar-refractivity contribution is 0.162. The molecule has 1 N–H and O–H groups in total. The zero-order chi connectivity index (χ0) is 15.7. The Morgan fingerprint density at radius 2 is 2.09 bits per heavy atom. The van der Waals surface area contributed by atoms with Crippen molar-refractivity contribution < 1.29 is 14.3 Å². The van der Waals surface area contributed by atoms with Crippen molar-refractivity contribution in [1.82, 2.24) is 0 Å². The Morgan fingerprint density at radius 3 is 2.73 bits per heavy atom. The lowest BCUT2D eigenvalue weighted by atomic mass is 9.78. The number of aliphatic hydroxyl groups is 1. The van der Waals surface area contributed by atoms with Crippen molar-refractivity contribution in [3.8, 4) is 0 Å². The van der Waals surface area contributed by atoms with Crippen LogP contribution < -0.4 is 0 Å². The first-order valence-corrected chi connectivity index (χ1v) is 8.77. The molecular weight excluding hydrogens is 301 g/mol. The maximum atomic E-state index is 13.2. The van der Waals surface area contributed by atoms with E-state index in [0.29, 0.717) is 5.25 Å². The predicted molar refractivity (Wildman–Crippen MR) is 87.8 cm³/mol. The molecule has 2 saturated heterocycles. The molecule has 5 atom stereocenters. The molecular formula is C17H22FNO2S. The van der Waals surface area contributed by atoms with Crippen molar-refractivity contribution in [1.29, 1.82) is 0 Å². The van der Waals surface area contributed by atoms with Crippen molar-refractivity contribution in [3.63, 3.8) is 0 Å². The van der Waals surface area contributed by atoms with Crippen LogP contribution in [0.15, 0.2) is 29.4 Å². The van der Waals surface area contributed by atoms with Gasteiger partial charge in [-0.05, 0) is 42.9 Å². The summed E-state index contributed by atoms with van der Waals surface area (Å²) in [6.45, 7) is 2.07. The summed E-state index contributed by atoms with van der Waals surface area (Å²) in [7, 11) is 1.56. The van der Waals surface area contributed by atoms with Gasteiger partial charge >= 0.3 is 0 Å². The minimum atomic E-state index is -0.293. The van der Waals surface area contributed by atoms with E-state index in [2.05, 4.69) is 12.1 Å². The monoisotopic (exact) mass is 323 g/mol. The number of aliphatic hydroxyl groups excluding tert-OH is 1. The fourth-order valence-corrected chi connectivity index (χ4v) is 5.74. The molecule has 120 valence electrons. The standard InChI is InChI=1S/C17H22FNO2S/c1-3-14(19-21-2)16-13(10-4-6-11(18)7-5-10)8-12-9-15(20)17(16)22-12/h4-7,12-13,15-17,20H,3,8-9H2,1-2H3/t12?,13-,15?,16-,17+/m1/s1. The van der Waals surface area contributed by atoms with Gasteiger partial charge < -0.3 is 9.94 Å². The van der Waals surface area contributed by atoms with E-state index in [1.807, 2.05) is 23.9 Å². The number of benzene rings is 1. The maximum absolute atomic E-state index is 13.2. The molecule has 1 aromatic rings. The molecule has 2 aliphatic rings. The van der Waals surface area contributed by atoms with Crippen LogP contribution in [0.3, 0.4) is 0 Å². The van der Waals surface area contributed by atoms with Crippen LogP contribution in [0.4, 0.5) is 4.39 Å². The van der Waals surface area contributed by atoms with Crippen molar-refractivity contribution in [2.45, 2.75) is 48.7 Å². The van der Waals surface area contributed by atoms with Crippen LogP contribution in [0.5, 0.6) is 0 Å². The first-order valence-electron chi connectivity index (χ1n) is 7.83. The van der Waals surface area contributed by atoms with Gasteiger partial charge in [-0.2, -0.15) is 11.8 Å². The topological polar surface area (TPSA) is 41.8 Å². The number of rotatable bonds is 4. The number of hydrogen-bond acceptors (Lipinski definition) is 4. The highest BCUT2D eigenvalue weighted by Gasteiger charge is 2.49.